The molecule has 0 bridgehead atoms. The zero-order chi connectivity index (χ0) is 17.1. The molecule has 0 aliphatic heterocycles. The lowest BCUT2D eigenvalue weighted by Crippen LogP contribution is -2.16. The van der Waals surface area contributed by atoms with Gasteiger partial charge in [-0.15, -0.1) is 11.3 Å². The van der Waals surface area contributed by atoms with E-state index in [9.17, 15) is 4.79 Å². The van der Waals surface area contributed by atoms with Gasteiger partial charge in [-0.3, -0.25) is 10.1 Å². The Morgan fingerprint density at radius 1 is 1.21 bits per heavy atom. The van der Waals surface area contributed by atoms with Gasteiger partial charge in [-0.2, -0.15) is 0 Å². The molecule has 122 valence electrons. The molecule has 9 heteroatoms. The summed E-state index contributed by atoms with van der Waals surface area (Å²) < 4.78 is 0. The largest absolute Gasteiger partial charge is 0.382 e. The van der Waals surface area contributed by atoms with Gasteiger partial charge >= 0.3 is 0 Å². The van der Waals surface area contributed by atoms with Crippen LogP contribution >= 0.6 is 34.5 Å². The molecule has 3 rings (SSSR count). The minimum atomic E-state index is -0.453. The molecule has 0 unspecified atom stereocenters. The number of hydrogen-bond donors (Lipinski definition) is 2. The van der Waals surface area contributed by atoms with E-state index in [1.807, 2.05) is 6.07 Å². The van der Waals surface area contributed by atoms with Gasteiger partial charge in [0.15, 0.2) is 16.6 Å². The zero-order valence-corrected chi connectivity index (χ0v) is 14.5. The Bertz CT molecular complexity index is 899. The van der Waals surface area contributed by atoms with Gasteiger partial charge in [-0.25, -0.2) is 15.0 Å². The van der Waals surface area contributed by atoms with Gasteiger partial charge in [0.05, 0.1) is 0 Å². The Labute approximate surface area is 151 Å². The van der Waals surface area contributed by atoms with Crippen molar-refractivity contribution in [2.24, 2.45) is 0 Å². The highest BCUT2D eigenvalue weighted by molar-refractivity contribution is 7.15. The van der Waals surface area contributed by atoms with Gasteiger partial charge in [0, 0.05) is 39.9 Å². The zero-order valence-electron chi connectivity index (χ0n) is 12.2. The minimum Gasteiger partial charge on any atom is -0.382 e. The first-order chi connectivity index (χ1) is 11.5. The number of hydrogen-bond acceptors (Lipinski definition) is 6. The van der Waals surface area contributed by atoms with E-state index in [2.05, 4.69) is 20.3 Å². The summed E-state index contributed by atoms with van der Waals surface area (Å²) in [5.41, 5.74) is 6.63. The molecule has 24 heavy (non-hydrogen) atoms. The van der Waals surface area contributed by atoms with Crippen LogP contribution in [0.25, 0.3) is 0 Å². The molecular weight excluding hydrogens is 369 g/mol. The van der Waals surface area contributed by atoms with Gasteiger partial charge < -0.3 is 5.73 Å². The maximum absolute atomic E-state index is 12.1. The number of nitrogens with one attached hydrogen (secondary N) is 1. The standard InChI is InChI=1S/C15H11Cl2N5OS/c16-9-2-1-8(11(17)6-9)5-10-7-21-15(24-10)22-14(23)12-13(18)20-4-3-19-12/h1-4,6-7H,5H2,(H2,18,20)(H,21,22,23). The second kappa shape index (κ2) is 7.12. The van der Waals surface area contributed by atoms with Gasteiger partial charge in [0.2, 0.25) is 0 Å². The van der Waals surface area contributed by atoms with E-state index >= 15 is 0 Å². The molecule has 3 N–H and O–H groups in total. The lowest BCUT2D eigenvalue weighted by atomic mass is 10.1. The quantitative estimate of drug-likeness (QED) is 0.720. The number of benzene rings is 1. The molecule has 3 aromatic rings. The van der Waals surface area contributed by atoms with E-state index in [0.717, 1.165) is 10.4 Å². The molecule has 0 saturated heterocycles. The van der Waals surface area contributed by atoms with Crippen molar-refractivity contribution in [1.29, 1.82) is 0 Å². The van der Waals surface area contributed by atoms with Crippen molar-refractivity contribution < 1.29 is 4.79 Å². The minimum absolute atomic E-state index is 0.0648. The smallest absolute Gasteiger partial charge is 0.279 e. The third-order valence-corrected chi connectivity index (χ3v) is 4.60. The maximum Gasteiger partial charge on any atom is 0.279 e. The first-order valence-corrected chi connectivity index (χ1v) is 8.36. The fraction of sp³-hybridized carbons (Fsp3) is 0.0667. The van der Waals surface area contributed by atoms with E-state index in [1.165, 1.54) is 23.7 Å². The van der Waals surface area contributed by atoms with Crippen LogP contribution in [0.15, 0.2) is 36.8 Å². The summed E-state index contributed by atoms with van der Waals surface area (Å²) in [6.45, 7) is 0. The van der Waals surface area contributed by atoms with E-state index in [1.54, 1.807) is 18.3 Å². The molecule has 0 fully saturated rings. The van der Waals surface area contributed by atoms with Crippen molar-refractivity contribution in [2.75, 3.05) is 11.1 Å². The first-order valence-electron chi connectivity index (χ1n) is 6.79. The van der Waals surface area contributed by atoms with Crippen molar-refractivity contribution in [1.82, 2.24) is 15.0 Å². The predicted octanol–water partition coefficient (Wildman–Crippen LogP) is 3.67. The first kappa shape index (κ1) is 16.6. The number of anilines is 2. The third-order valence-electron chi connectivity index (χ3n) is 3.10. The molecule has 2 aromatic heterocycles. The van der Waals surface area contributed by atoms with Gasteiger partial charge in [-0.1, -0.05) is 29.3 Å². The number of carbonyl (C=O) groups excluding carboxylic acids is 1. The topological polar surface area (TPSA) is 93.8 Å². The number of nitrogens with zero attached hydrogens (tertiary/aromatic N) is 3. The SMILES string of the molecule is Nc1nccnc1C(=O)Nc1ncc(Cc2ccc(Cl)cc2Cl)s1. The monoisotopic (exact) mass is 379 g/mol. The van der Waals surface area contributed by atoms with E-state index in [4.69, 9.17) is 28.9 Å². The molecule has 6 nitrogen and oxygen atoms in total. The molecule has 0 atom stereocenters. The lowest BCUT2D eigenvalue weighted by molar-refractivity contribution is 0.102. The summed E-state index contributed by atoms with van der Waals surface area (Å²) >= 11 is 13.4. The van der Waals surface area contributed by atoms with Crippen LogP contribution in [0.5, 0.6) is 0 Å². The second-order valence-electron chi connectivity index (χ2n) is 4.79. The predicted molar refractivity (Wildman–Crippen MR) is 95.8 cm³/mol. The van der Waals surface area contributed by atoms with Gasteiger partial charge in [0.1, 0.15) is 0 Å². The van der Waals surface area contributed by atoms with Crippen LogP contribution in [0.3, 0.4) is 0 Å². The van der Waals surface area contributed by atoms with Crippen LogP contribution in [-0.2, 0) is 6.42 Å². The van der Waals surface area contributed by atoms with Gasteiger partial charge in [-0.05, 0) is 17.7 Å². The average Bonchev–Trinajstić information content (AvgIpc) is 2.97. The molecule has 2 heterocycles. The van der Waals surface area contributed by atoms with Crippen LogP contribution in [0.4, 0.5) is 10.9 Å². The number of thiazole rings is 1. The molecule has 0 aliphatic carbocycles. The molecular formula is C15H11Cl2N5OS. The normalized spacial score (nSPS) is 10.6. The fourth-order valence-corrected chi connectivity index (χ4v) is 3.29. The number of rotatable bonds is 4. The number of carbonyl (C=O) groups is 1. The highest BCUT2D eigenvalue weighted by Crippen LogP contribution is 2.27. The van der Waals surface area contributed by atoms with E-state index in [0.29, 0.717) is 21.6 Å². The fourth-order valence-electron chi connectivity index (χ4n) is 1.98. The average molecular weight is 380 g/mol. The summed E-state index contributed by atoms with van der Waals surface area (Å²) in [6.07, 6.45) is 5.10. The van der Waals surface area contributed by atoms with E-state index in [-0.39, 0.29) is 11.5 Å². The summed E-state index contributed by atoms with van der Waals surface area (Å²) in [4.78, 5) is 25.0. The van der Waals surface area contributed by atoms with Crippen molar-refractivity contribution in [3.05, 3.63) is 63.0 Å². The maximum atomic E-state index is 12.1. The van der Waals surface area contributed by atoms with Crippen LogP contribution in [0, 0.1) is 0 Å². The molecule has 1 amide bonds. The highest BCUT2D eigenvalue weighted by Gasteiger charge is 2.14. The molecule has 0 saturated carbocycles. The Morgan fingerprint density at radius 2 is 2.00 bits per heavy atom. The number of nitrogens with two attached hydrogens (primary N) is 1. The van der Waals surface area contributed by atoms with Crippen LogP contribution in [0.1, 0.15) is 20.9 Å². The Balaban J connectivity index is 1.72. The molecule has 1 aromatic carbocycles. The van der Waals surface area contributed by atoms with Crippen molar-refractivity contribution in [3.8, 4) is 0 Å². The van der Waals surface area contributed by atoms with Crippen LogP contribution in [-0.4, -0.2) is 20.9 Å². The van der Waals surface area contributed by atoms with E-state index < -0.39 is 5.91 Å². The van der Waals surface area contributed by atoms with Crippen molar-refractivity contribution >= 4 is 51.4 Å². The number of halogens is 2. The summed E-state index contributed by atoms with van der Waals surface area (Å²) in [5.74, 6) is -0.384. The summed E-state index contributed by atoms with van der Waals surface area (Å²) in [7, 11) is 0. The molecule has 0 aliphatic rings. The number of amides is 1. The molecule has 0 spiro atoms. The molecule has 0 radical (unpaired) electrons. The van der Waals surface area contributed by atoms with Gasteiger partial charge in [0.25, 0.3) is 5.91 Å². The van der Waals surface area contributed by atoms with Crippen LogP contribution < -0.4 is 11.1 Å². The number of aromatic nitrogens is 3. The lowest BCUT2D eigenvalue weighted by Gasteiger charge is -2.03. The Hall–Kier alpha value is -2.22. The van der Waals surface area contributed by atoms with Crippen molar-refractivity contribution in [2.45, 2.75) is 6.42 Å². The summed E-state index contributed by atoms with van der Waals surface area (Å²) in [6, 6.07) is 5.34. The second-order valence-corrected chi connectivity index (χ2v) is 6.75. The Kier molecular flexibility index (Phi) is 4.94. The van der Waals surface area contributed by atoms with Crippen LogP contribution in [0.2, 0.25) is 10.0 Å². The number of nitrogen functional groups attached to an aromatic ring is 1. The highest BCUT2D eigenvalue weighted by atomic mass is 35.5. The third kappa shape index (κ3) is 3.81. The summed E-state index contributed by atoms with van der Waals surface area (Å²) in [5, 5.41) is 4.29. The van der Waals surface area contributed by atoms with Crippen molar-refractivity contribution in [3.63, 3.8) is 0 Å². The Morgan fingerprint density at radius 3 is 2.75 bits per heavy atom.